The van der Waals surface area contributed by atoms with Gasteiger partial charge in [-0.1, -0.05) is 6.07 Å². The van der Waals surface area contributed by atoms with Gasteiger partial charge in [0.05, 0.1) is 0 Å². The van der Waals surface area contributed by atoms with E-state index in [1.165, 1.54) is 28.5 Å². The van der Waals surface area contributed by atoms with Crippen LogP contribution >= 0.6 is 0 Å². The number of benzene rings is 1. The molecule has 2 N–H and O–H groups in total. The predicted octanol–water partition coefficient (Wildman–Crippen LogP) is 2.05. The van der Waals surface area contributed by atoms with Gasteiger partial charge in [0.1, 0.15) is 0 Å². The first-order valence-electron chi connectivity index (χ1n) is 9.65. The molecule has 2 amide bonds. The Labute approximate surface area is 160 Å². The minimum atomic E-state index is -4.05. The lowest BCUT2D eigenvalue weighted by Gasteiger charge is -2.16. The number of fused-ring (bicyclic) bond motifs is 2. The summed E-state index contributed by atoms with van der Waals surface area (Å²) in [6, 6.07) is 1.54. The van der Waals surface area contributed by atoms with Gasteiger partial charge >= 0.3 is 16.2 Å². The fraction of sp³-hybridized carbons (Fsp3) is 0.579. The van der Waals surface area contributed by atoms with Gasteiger partial charge in [-0.3, -0.25) is 0 Å². The summed E-state index contributed by atoms with van der Waals surface area (Å²) < 4.78 is 30.0. The Morgan fingerprint density at radius 3 is 2.44 bits per heavy atom. The second kappa shape index (κ2) is 7.24. The molecule has 1 saturated heterocycles. The minimum Gasteiger partial charge on any atom is -0.307 e. The quantitative estimate of drug-likeness (QED) is 0.770. The molecule has 0 spiro atoms. The van der Waals surface area contributed by atoms with Crippen LogP contribution in [-0.4, -0.2) is 45.7 Å². The number of carbonyl (C=O) groups is 1. The summed E-state index contributed by atoms with van der Waals surface area (Å²) in [7, 11) is -2.05. The molecule has 2 aliphatic carbocycles. The van der Waals surface area contributed by atoms with Crippen LogP contribution in [0.2, 0.25) is 0 Å². The number of anilines is 1. The maximum atomic E-state index is 12.4. The fourth-order valence-corrected chi connectivity index (χ4v) is 5.18. The van der Waals surface area contributed by atoms with Gasteiger partial charge in [0.2, 0.25) is 0 Å². The van der Waals surface area contributed by atoms with Crippen LogP contribution in [0.15, 0.2) is 10.5 Å². The average molecular weight is 391 g/mol. The molecule has 146 valence electrons. The van der Waals surface area contributed by atoms with Crippen LogP contribution in [0.5, 0.6) is 0 Å². The van der Waals surface area contributed by atoms with Crippen molar-refractivity contribution in [3.05, 3.63) is 28.3 Å². The maximum Gasteiger partial charge on any atom is 0.345 e. The van der Waals surface area contributed by atoms with Crippen molar-refractivity contribution in [2.24, 2.45) is 10.3 Å². The van der Waals surface area contributed by atoms with Crippen LogP contribution in [0.4, 0.5) is 10.5 Å². The standard InChI is InChI=1S/C19H26N4O3S/c1-23-9-8-13(12-23)11-20-27(25,26)22-19(24)21-18-16-6-2-4-14(16)10-15-5-3-7-17(15)18/h10-11,13H,2-9,12H2,1H3,(H2,21,22,24). The lowest BCUT2D eigenvalue weighted by atomic mass is 9.99. The van der Waals surface area contributed by atoms with Crippen LogP contribution in [0, 0.1) is 5.92 Å². The molecule has 1 unspecified atom stereocenters. The number of nitrogens with zero attached hydrogens (tertiary/aromatic N) is 2. The Bertz CT molecular complexity index is 862. The van der Waals surface area contributed by atoms with Gasteiger partial charge in [0.15, 0.2) is 0 Å². The molecule has 0 aromatic heterocycles. The van der Waals surface area contributed by atoms with Crippen LogP contribution in [0.3, 0.4) is 0 Å². The normalized spacial score (nSPS) is 22.2. The Morgan fingerprint density at radius 2 is 1.85 bits per heavy atom. The van der Waals surface area contributed by atoms with Crippen molar-refractivity contribution in [2.45, 2.75) is 44.9 Å². The Hall–Kier alpha value is -1.93. The molecule has 1 aromatic rings. The SMILES string of the molecule is CN1CCC(C=NS(=O)(=O)NC(=O)Nc2c3c(cc4c2CCC4)CCC3)C1. The van der Waals surface area contributed by atoms with Gasteiger partial charge < -0.3 is 10.2 Å². The van der Waals surface area contributed by atoms with Gasteiger partial charge in [-0.15, -0.1) is 0 Å². The topological polar surface area (TPSA) is 90.9 Å². The second-order valence-electron chi connectivity index (χ2n) is 7.83. The van der Waals surface area contributed by atoms with Crippen molar-refractivity contribution in [3.8, 4) is 0 Å². The predicted molar refractivity (Wildman–Crippen MR) is 106 cm³/mol. The van der Waals surface area contributed by atoms with E-state index in [9.17, 15) is 13.2 Å². The summed E-state index contributed by atoms with van der Waals surface area (Å²) >= 11 is 0. The van der Waals surface area contributed by atoms with Crippen molar-refractivity contribution in [2.75, 3.05) is 25.5 Å². The van der Waals surface area contributed by atoms with Crippen LogP contribution < -0.4 is 10.0 Å². The van der Waals surface area contributed by atoms with E-state index >= 15 is 0 Å². The first-order valence-corrected chi connectivity index (χ1v) is 11.1. The van der Waals surface area contributed by atoms with E-state index in [-0.39, 0.29) is 5.92 Å². The monoisotopic (exact) mass is 390 g/mol. The van der Waals surface area contributed by atoms with Gasteiger partial charge in [0.25, 0.3) is 0 Å². The third-order valence-corrected chi connectivity index (χ3v) is 6.61. The zero-order chi connectivity index (χ0) is 19.0. The smallest absolute Gasteiger partial charge is 0.307 e. The molecular weight excluding hydrogens is 364 g/mol. The number of likely N-dealkylation sites (tertiary alicyclic amines) is 1. The fourth-order valence-electron chi connectivity index (χ4n) is 4.51. The molecule has 3 aliphatic rings. The largest absolute Gasteiger partial charge is 0.345 e. The lowest BCUT2D eigenvalue weighted by molar-refractivity contribution is 0.256. The molecule has 1 aromatic carbocycles. The Balaban J connectivity index is 1.46. The maximum absolute atomic E-state index is 12.4. The van der Waals surface area contributed by atoms with Gasteiger partial charge in [-0.2, -0.15) is 12.8 Å². The number of aryl methyl sites for hydroxylation is 2. The average Bonchev–Trinajstić information content (AvgIpc) is 3.32. The van der Waals surface area contributed by atoms with E-state index in [4.69, 9.17) is 0 Å². The lowest BCUT2D eigenvalue weighted by Crippen LogP contribution is -2.34. The zero-order valence-electron chi connectivity index (χ0n) is 15.6. The van der Waals surface area contributed by atoms with Crippen molar-refractivity contribution < 1.29 is 13.2 Å². The number of hydrogen-bond donors (Lipinski definition) is 2. The van der Waals surface area contributed by atoms with Gasteiger partial charge in [-0.05, 0) is 80.8 Å². The van der Waals surface area contributed by atoms with E-state index < -0.39 is 16.2 Å². The van der Waals surface area contributed by atoms with E-state index in [1.54, 1.807) is 0 Å². The van der Waals surface area contributed by atoms with E-state index in [1.807, 2.05) is 11.8 Å². The molecule has 8 heteroatoms. The van der Waals surface area contributed by atoms with Crippen LogP contribution in [0.25, 0.3) is 0 Å². The summed E-state index contributed by atoms with van der Waals surface area (Å²) in [6.07, 6.45) is 8.38. The molecule has 1 aliphatic heterocycles. The molecule has 1 heterocycles. The highest BCUT2D eigenvalue weighted by atomic mass is 32.2. The van der Waals surface area contributed by atoms with Crippen LogP contribution in [-0.2, 0) is 35.9 Å². The third kappa shape index (κ3) is 4.01. The van der Waals surface area contributed by atoms with Crippen molar-refractivity contribution in [3.63, 3.8) is 0 Å². The number of rotatable bonds is 4. The zero-order valence-corrected chi connectivity index (χ0v) is 16.4. The first-order chi connectivity index (χ1) is 12.9. The second-order valence-corrected chi connectivity index (χ2v) is 9.20. The molecular formula is C19H26N4O3S. The van der Waals surface area contributed by atoms with E-state index in [0.29, 0.717) is 0 Å². The molecule has 1 atom stereocenters. The molecule has 0 saturated carbocycles. The highest BCUT2D eigenvalue weighted by Crippen LogP contribution is 2.38. The highest BCUT2D eigenvalue weighted by Gasteiger charge is 2.26. The molecule has 0 radical (unpaired) electrons. The first kappa shape index (κ1) is 18.4. The van der Waals surface area contributed by atoms with Crippen molar-refractivity contribution >= 4 is 28.1 Å². The summed E-state index contributed by atoms with van der Waals surface area (Å²) in [6.45, 7) is 1.71. The van der Waals surface area contributed by atoms with Crippen LogP contribution in [0.1, 0.15) is 41.5 Å². The molecule has 4 rings (SSSR count). The number of nitrogens with one attached hydrogen (secondary N) is 2. The molecule has 0 bridgehead atoms. The van der Waals surface area contributed by atoms with Crippen molar-refractivity contribution in [1.29, 1.82) is 0 Å². The number of amides is 2. The van der Waals surface area contributed by atoms with Gasteiger partial charge in [0, 0.05) is 24.4 Å². The Kier molecular flexibility index (Phi) is 4.94. The summed E-state index contributed by atoms with van der Waals surface area (Å²) in [4.78, 5) is 14.5. The number of hydrogen-bond acceptors (Lipinski definition) is 4. The molecule has 1 fully saturated rings. The van der Waals surface area contributed by atoms with Gasteiger partial charge in [-0.25, -0.2) is 9.52 Å². The Morgan fingerprint density at radius 1 is 1.19 bits per heavy atom. The number of urea groups is 1. The van der Waals surface area contributed by atoms with E-state index in [0.717, 1.165) is 63.7 Å². The molecule has 27 heavy (non-hydrogen) atoms. The molecule has 7 nitrogen and oxygen atoms in total. The highest BCUT2D eigenvalue weighted by molar-refractivity contribution is 7.88. The minimum absolute atomic E-state index is 0.107. The summed E-state index contributed by atoms with van der Waals surface area (Å²) in [5.41, 5.74) is 5.74. The van der Waals surface area contributed by atoms with E-state index in [2.05, 4.69) is 20.7 Å². The third-order valence-electron chi connectivity index (χ3n) is 5.77. The summed E-state index contributed by atoms with van der Waals surface area (Å²) in [5.74, 6) is 0.107. The number of carbonyl (C=O) groups excluding carboxylic acids is 1. The van der Waals surface area contributed by atoms with Crippen molar-refractivity contribution in [1.82, 2.24) is 9.62 Å². The summed E-state index contributed by atoms with van der Waals surface area (Å²) in [5, 5.41) is 2.82.